The highest BCUT2D eigenvalue weighted by atomic mass is 35.5. The van der Waals surface area contributed by atoms with Crippen LogP contribution in [0.2, 0.25) is 5.02 Å². The van der Waals surface area contributed by atoms with Crippen LogP contribution in [0.15, 0.2) is 29.6 Å². The number of anilines is 1. The summed E-state index contributed by atoms with van der Waals surface area (Å²) in [5.41, 5.74) is 1.45. The van der Waals surface area contributed by atoms with E-state index in [0.29, 0.717) is 5.02 Å². The van der Waals surface area contributed by atoms with E-state index in [-0.39, 0.29) is 18.1 Å². The molecule has 1 aromatic carbocycles. The van der Waals surface area contributed by atoms with Gasteiger partial charge in [-0.25, -0.2) is 4.39 Å². The van der Waals surface area contributed by atoms with Crippen LogP contribution in [-0.2, 0) is 17.8 Å². The third-order valence-corrected chi connectivity index (χ3v) is 4.72. The zero-order chi connectivity index (χ0) is 14.8. The molecule has 0 saturated carbocycles. The van der Waals surface area contributed by atoms with E-state index in [2.05, 4.69) is 21.7 Å². The highest BCUT2D eigenvalue weighted by Gasteiger charge is 2.19. The topological polar surface area (TPSA) is 32.3 Å². The maximum Gasteiger partial charge on any atom is 0.238 e. The Morgan fingerprint density at radius 3 is 3.10 bits per heavy atom. The van der Waals surface area contributed by atoms with Crippen LogP contribution in [0.3, 0.4) is 0 Å². The van der Waals surface area contributed by atoms with Crippen molar-refractivity contribution >= 4 is 34.5 Å². The number of hydrogen-bond donors (Lipinski definition) is 1. The van der Waals surface area contributed by atoms with Gasteiger partial charge in [-0.2, -0.15) is 0 Å². The van der Waals surface area contributed by atoms with Gasteiger partial charge in [0.25, 0.3) is 0 Å². The largest absolute Gasteiger partial charge is 0.322 e. The van der Waals surface area contributed by atoms with Gasteiger partial charge in [0.05, 0.1) is 12.2 Å². The molecule has 0 spiro atoms. The molecule has 0 fully saturated rings. The fraction of sp³-hybridized carbons (Fsp3) is 0.267. The minimum absolute atomic E-state index is 0.164. The Bertz CT molecular complexity index is 673. The van der Waals surface area contributed by atoms with Crippen molar-refractivity contribution in [2.45, 2.75) is 13.0 Å². The first-order chi connectivity index (χ1) is 10.1. The van der Waals surface area contributed by atoms with Crippen LogP contribution in [0.1, 0.15) is 10.4 Å². The lowest BCUT2D eigenvalue weighted by Crippen LogP contribution is -2.36. The Morgan fingerprint density at radius 2 is 2.29 bits per heavy atom. The number of nitrogens with zero attached hydrogens (tertiary/aromatic N) is 1. The summed E-state index contributed by atoms with van der Waals surface area (Å²) in [4.78, 5) is 15.5. The minimum atomic E-state index is -0.519. The van der Waals surface area contributed by atoms with E-state index in [1.54, 1.807) is 17.4 Å². The number of nitrogens with one attached hydrogen (secondary N) is 1. The van der Waals surface area contributed by atoms with Gasteiger partial charge in [-0.1, -0.05) is 11.6 Å². The second-order valence-electron chi connectivity index (χ2n) is 5.00. The first kappa shape index (κ1) is 14.5. The molecule has 1 aliphatic heterocycles. The summed E-state index contributed by atoms with van der Waals surface area (Å²) < 4.78 is 13.6. The van der Waals surface area contributed by atoms with Crippen molar-refractivity contribution in [1.29, 1.82) is 0 Å². The van der Waals surface area contributed by atoms with Crippen LogP contribution in [0.5, 0.6) is 0 Å². The normalized spacial score (nSPS) is 14.8. The minimum Gasteiger partial charge on any atom is -0.322 e. The lowest BCUT2D eigenvalue weighted by molar-refractivity contribution is -0.117. The molecule has 3 rings (SSSR count). The summed E-state index contributed by atoms with van der Waals surface area (Å²) in [6, 6.07) is 6.32. The summed E-state index contributed by atoms with van der Waals surface area (Å²) in [6.45, 7) is 1.89. The van der Waals surface area contributed by atoms with Gasteiger partial charge in [-0.05, 0) is 41.6 Å². The average Bonchev–Trinajstić information content (AvgIpc) is 2.89. The maximum absolute atomic E-state index is 13.6. The number of fused-ring (bicyclic) bond motifs is 1. The van der Waals surface area contributed by atoms with Crippen molar-refractivity contribution < 1.29 is 9.18 Å². The molecule has 1 N–H and O–H groups in total. The zero-order valence-electron chi connectivity index (χ0n) is 11.2. The number of thiophene rings is 1. The average molecular weight is 325 g/mol. The van der Waals surface area contributed by atoms with Crippen LogP contribution in [-0.4, -0.2) is 23.9 Å². The van der Waals surface area contributed by atoms with E-state index in [0.717, 1.165) is 19.5 Å². The molecule has 0 saturated heterocycles. The molecule has 0 aliphatic carbocycles. The second kappa shape index (κ2) is 6.13. The summed E-state index contributed by atoms with van der Waals surface area (Å²) in [5, 5.41) is 4.98. The summed E-state index contributed by atoms with van der Waals surface area (Å²) in [6.07, 6.45) is 0.968. The number of carbonyl (C=O) groups is 1. The van der Waals surface area contributed by atoms with Gasteiger partial charge >= 0.3 is 0 Å². The number of halogens is 2. The van der Waals surface area contributed by atoms with Gasteiger partial charge in [0.15, 0.2) is 0 Å². The second-order valence-corrected chi connectivity index (χ2v) is 6.44. The maximum atomic E-state index is 13.6. The fourth-order valence-electron chi connectivity index (χ4n) is 2.43. The molecule has 0 bridgehead atoms. The van der Waals surface area contributed by atoms with Gasteiger partial charge in [0.2, 0.25) is 5.91 Å². The van der Waals surface area contributed by atoms with E-state index in [1.165, 1.54) is 22.6 Å². The summed E-state index contributed by atoms with van der Waals surface area (Å²) >= 11 is 7.45. The lowest BCUT2D eigenvalue weighted by Gasteiger charge is -2.26. The standard InChI is InChI=1S/C15H14ClFN2OS/c16-11-1-2-13(12(17)7-11)18-15(20)9-19-5-3-14-10(8-19)4-6-21-14/h1-2,4,6-7H,3,5,8-9H2,(H,18,20). The summed E-state index contributed by atoms with van der Waals surface area (Å²) in [5.74, 6) is -0.732. The molecule has 21 heavy (non-hydrogen) atoms. The molecule has 6 heteroatoms. The van der Waals surface area contributed by atoms with Gasteiger partial charge in [-0.3, -0.25) is 9.69 Å². The Labute approximate surface area is 131 Å². The third-order valence-electron chi connectivity index (χ3n) is 3.46. The van der Waals surface area contributed by atoms with Crippen LogP contribution in [0.4, 0.5) is 10.1 Å². The van der Waals surface area contributed by atoms with Crippen molar-refractivity contribution in [1.82, 2.24) is 4.90 Å². The lowest BCUT2D eigenvalue weighted by atomic mass is 10.1. The van der Waals surface area contributed by atoms with Crippen molar-refractivity contribution in [3.8, 4) is 0 Å². The number of rotatable bonds is 3. The van der Waals surface area contributed by atoms with Crippen molar-refractivity contribution in [3.05, 3.63) is 50.9 Å². The first-order valence-electron chi connectivity index (χ1n) is 6.64. The van der Waals surface area contributed by atoms with E-state index >= 15 is 0 Å². The molecular formula is C15H14ClFN2OS. The monoisotopic (exact) mass is 324 g/mol. The molecule has 0 unspecified atom stereocenters. The van der Waals surface area contributed by atoms with E-state index in [9.17, 15) is 9.18 Å². The Kier molecular flexibility index (Phi) is 4.24. The predicted octanol–water partition coefficient (Wildman–Crippen LogP) is 3.54. The Balaban J connectivity index is 1.60. The first-order valence-corrected chi connectivity index (χ1v) is 7.90. The third kappa shape index (κ3) is 3.43. The molecule has 3 nitrogen and oxygen atoms in total. The Hall–Kier alpha value is -1.43. The van der Waals surface area contributed by atoms with E-state index < -0.39 is 5.82 Å². The summed E-state index contributed by atoms with van der Waals surface area (Å²) in [7, 11) is 0. The van der Waals surface area contributed by atoms with E-state index in [1.807, 2.05) is 0 Å². The number of hydrogen-bond acceptors (Lipinski definition) is 3. The molecule has 110 valence electrons. The van der Waals surface area contributed by atoms with Gasteiger partial charge in [0, 0.05) is 23.0 Å². The highest BCUT2D eigenvalue weighted by molar-refractivity contribution is 7.10. The van der Waals surface area contributed by atoms with Gasteiger partial charge < -0.3 is 5.32 Å². The van der Waals surface area contributed by atoms with Crippen molar-refractivity contribution in [2.75, 3.05) is 18.4 Å². The van der Waals surface area contributed by atoms with Crippen LogP contribution < -0.4 is 5.32 Å². The quantitative estimate of drug-likeness (QED) is 0.936. The van der Waals surface area contributed by atoms with Crippen LogP contribution in [0.25, 0.3) is 0 Å². The molecule has 2 aromatic rings. The Morgan fingerprint density at radius 1 is 1.43 bits per heavy atom. The highest BCUT2D eigenvalue weighted by Crippen LogP contribution is 2.24. The molecule has 1 aliphatic rings. The molecule has 0 radical (unpaired) electrons. The number of carbonyl (C=O) groups excluding carboxylic acids is 1. The molecule has 1 amide bonds. The van der Waals surface area contributed by atoms with E-state index in [4.69, 9.17) is 11.6 Å². The SMILES string of the molecule is O=C(CN1CCc2sccc2C1)Nc1ccc(Cl)cc1F. The van der Waals surface area contributed by atoms with Crippen LogP contribution in [0, 0.1) is 5.82 Å². The fourth-order valence-corrected chi connectivity index (χ4v) is 3.47. The smallest absolute Gasteiger partial charge is 0.238 e. The zero-order valence-corrected chi connectivity index (χ0v) is 12.8. The molecule has 1 aromatic heterocycles. The molecular weight excluding hydrogens is 311 g/mol. The van der Waals surface area contributed by atoms with Gasteiger partial charge in [-0.15, -0.1) is 11.3 Å². The van der Waals surface area contributed by atoms with Gasteiger partial charge in [0.1, 0.15) is 5.82 Å². The molecule has 2 heterocycles. The van der Waals surface area contributed by atoms with Crippen molar-refractivity contribution in [2.24, 2.45) is 0 Å². The number of amides is 1. The van der Waals surface area contributed by atoms with Crippen molar-refractivity contribution in [3.63, 3.8) is 0 Å². The predicted molar refractivity (Wildman–Crippen MR) is 83.3 cm³/mol. The molecule has 0 atom stereocenters. The van der Waals surface area contributed by atoms with Crippen LogP contribution >= 0.6 is 22.9 Å². The number of benzene rings is 1.